The molecule has 0 aromatic heterocycles. The number of hydrogen-bond acceptors (Lipinski definition) is 2. The summed E-state index contributed by atoms with van der Waals surface area (Å²) in [7, 11) is 0. The van der Waals surface area contributed by atoms with Crippen molar-refractivity contribution in [1.82, 2.24) is 4.90 Å². The van der Waals surface area contributed by atoms with Crippen molar-refractivity contribution in [2.45, 2.75) is 50.2 Å². The molecule has 2 unspecified atom stereocenters. The van der Waals surface area contributed by atoms with Gasteiger partial charge in [0.25, 0.3) is 0 Å². The molecule has 0 bridgehead atoms. The molecule has 82 valence electrons. The van der Waals surface area contributed by atoms with Gasteiger partial charge in [-0.1, -0.05) is 0 Å². The van der Waals surface area contributed by atoms with Crippen LogP contribution in [0.2, 0.25) is 0 Å². The molecule has 2 rings (SSSR count). The van der Waals surface area contributed by atoms with Crippen molar-refractivity contribution in [1.29, 1.82) is 0 Å². The summed E-state index contributed by atoms with van der Waals surface area (Å²) in [5.74, 6) is 0. The quantitative estimate of drug-likeness (QED) is 0.658. The van der Waals surface area contributed by atoms with Crippen molar-refractivity contribution >= 4 is 11.6 Å². The highest BCUT2D eigenvalue weighted by molar-refractivity contribution is 6.20. The van der Waals surface area contributed by atoms with Gasteiger partial charge in [-0.2, -0.15) is 0 Å². The standard InChI is InChI=1S/C11H20ClNO/c1-11(2)5-3-10(14-11)8-13-6-4-9(12)7-13/h9-10H,3-8H2,1-2H3. The molecule has 0 radical (unpaired) electrons. The Morgan fingerprint density at radius 1 is 1.43 bits per heavy atom. The van der Waals surface area contributed by atoms with E-state index in [2.05, 4.69) is 18.7 Å². The first-order valence-corrected chi connectivity index (χ1v) is 6.03. The molecule has 2 aliphatic heterocycles. The molecule has 2 fully saturated rings. The maximum atomic E-state index is 6.07. The van der Waals surface area contributed by atoms with Gasteiger partial charge in [-0.05, 0) is 39.7 Å². The summed E-state index contributed by atoms with van der Waals surface area (Å²) in [6.45, 7) is 7.63. The lowest BCUT2D eigenvalue weighted by Gasteiger charge is -2.23. The first-order valence-electron chi connectivity index (χ1n) is 5.59. The van der Waals surface area contributed by atoms with Gasteiger partial charge >= 0.3 is 0 Å². The molecule has 0 aromatic rings. The number of nitrogens with zero attached hydrogens (tertiary/aromatic N) is 1. The Bertz CT molecular complexity index is 207. The largest absolute Gasteiger partial charge is 0.371 e. The van der Waals surface area contributed by atoms with Crippen molar-refractivity contribution in [3.8, 4) is 0 Å². The van der Waals surface area contributed by atoms with Gasteiger partial charge in [0, 0.05) is 18.5 Å². The van der Waals surface area contributed by atoms with E-state index in [4.69, 9.17) is 16.3 Å². The van der Waals surface area contributed by atoms with E-state index in [1.807, 2.05) is 0 Å². The third kappa shape index (κ3) is 2.62. The molecular formula is C11H20ClNO. The van der Waals surface area contributed by atoms with Crippen LogP contribution in [0.4, 0.5) is 0 Å². The Labute approximate surface area is 91.6 Å². The van der Waals surface area contributed by atoms with Crippen LogP contribution in [0.3, 0.4) is 0 Å². The Morgan fingerprint density at radius 3 is 2.71 bits per heavy atom. The lowest BCUT2D eigenvalue weighted by Crippen LogP contribution is -2.32. The van der Waals surface area contributed by atoms with Gasteiger partial charge in [-0.25, -0.2) is 0 Å². The second-order valence-corrected chi connectivity index (χ2v) is 5.80. The van der Waals surface area contributed by atoms with Gasteiger partial charge in [-0.15, -0.1) is 11.6 Å². The van der Waals surface area contributed by atoms with E-state index in [0.717, 1.165) is 26.1 Å². The predicted molar refractivity (Wildman–Crippen MR) is 58.9 cm³/mol. The molecule has 0 spiro atoms. The van der Waals surface area contributed by atoms with Gasteiger partial charge in [0.05, 0.1) is 11.7 Å². The molecule has 2 saturated heterocycles. The second kappa shape index (κ2) is 3.99. The third-order valence-corrected chi connectivity index (χ3v) is 3.59. The highest BCUT2D eigenvalue weighted by atomic mass is 35.5. The molecule has 2 aliphatic rings. The minimum Gasteiger partial charge on any atom is -0.371 e. The van der Waals surface area contributed by atoms with Crippen LogP contribution >= 0.6 is 11.6 Å². The maximum absolute atomic E-state index is 6.07. The van der Waals surface area contributed by atoms with Crippen LogP contribution in [0, 0.1) is 0 Å². The Morgan fingerprint density at radius 2 is 2.21 bits per heavy atom. The molecule has 2 heterocycles. The zero-order valence-corrected chi connectivity index (χ0v) is 9.89. The average molecular weight is 218 g/mol. The van der Waals surface area contributed by atoms with Crippen LogP contribution in [0.25, 0.3) is 0 Å². The van der Waals surface area contributed by atoms with Crippen molar-refractivity contribution in [3.63, 3.8) is 0 Å². The van der Waals surface area contributed by atoms with Crippen molar-refractivity contribution in [2.75, 3.05) is 19.6 Å². The number of hydrogen-bond donors (Lipinski definition) is 0. The fraction of sp³-hybridized carbons (Fsp3) is 1.00. The SMILES string of the molecule is CC1(C)CCC(CN2CCC(Cl)C2)O1. The number of likely N-dealkylation sites (tertiary alicyclic amines) is 1. The molecule has 0 saturated carbocycles. The van der Waals surface area contributed by atoms with Gasteiger partial charge in [0.15, 0.2) is 0 Å². The van der Waals surface area contributed by atoms with Crippen LogP contribution < -0.4 is 0 Å². The van der Waals surface area contributed by atoms with Crippen LogP contribution in [-0.2, 0) is 4.74 Å². The summed E-state index contributed by atoms with van der Waals surface area (Å²) in [5, 5.41) is 0.365. The minimum absolute atomic E-state index is 0.102. The zero-order chi connectivity index (χ0) is 10.2. The molecule has 0 N–H and O–H groups in total. The number of ether oxygens (including phenoxy) is 1. The zero-order valence-electron chi connectivity index (χ0n) is 9.13. The fourth-order valence-electron chi connectivity index (χ4n) is 2.45. The lowest BCUT2D eigenvalue weighted by molar-refractivity contribution is -0.0262. The molecule has 14 heavy (non-hydrogen) atoms. The molecular weight excluding hydrogens is 198 g/mol. The molecule has 3 heteroatoms. The second-order valence-electron chi connectivity index (χ2n) is 5.18. The van der Waals surface area contributed by atoms with Crippen LogP contribution in [0.5, 0.6) is 0 Å². The Kier molecular flexibility index (Phi) is 3.06. The van der Waals surface area contributed by atoms with Crippen molar-refractivity contribution in [3.05, 3.63) is 0 Å². The van der Waals surface area contributed by atoms with E-state index in [1.165, 1.54) is 12.8 Å². The number of alkyl halides is 1. The van der Waals surface area contributed by atoms with Gasteiger partial charge in [-0.3, -0.25) is 4.90 Å². The first kappa shape index (κ1) is 10.7. The Balaban J connectivity index is 1.76. The smallest absolute Gasteiger partial charge is 0.0710 e. The summed E-state index contributed by atoms with van der Waals surface area (Å²) < 4.78 is 5.96. The van der Waals surface area contributed by atoms with Gasteiger partial charge in [0.2, 0.25) is 0 Å². The van der Waals surface area contributed by atoms with Crippen LogP contribution in [0.15, 0.2) is 0 Å². The normalized spacial score (nSPS) is 37.9. The van der Waals surface area contributed by atoms with Crippen molar-refractivity contribution in [2.24, 2.45) is 0 Å². The minimum atomic E-state index is 0.102. The molecule has 2 atom stereocenters. The summed E-state index contributed by atoms with van der Waals surface area (Å²) in [4.78, 5) is 2.43. The molecule has 0 aromatic carbocycles. The van der Waals surface area contributed by atoms with E-state index >= 15 is 0 Å². The average Bonchev–Trinajstić information content (AvgIpc) is 2.59. The third-order valence-electron chi connectivity index (χ3n) is 3.23. The van der Waals surface area contributed by atoms with Gasteiger partial charge < -0.3 is 4.74 Å². The maximum Gasteiger partial charge on any atom is 0.0710 e. The van der Waals surface area contributed by atoms with Gasteiger partial charge in [0.1, 0.15) is 0 Å². The molecule has 0 aliphatic carbocycles. The predicted octanol–water partition coefficient (Wildman–Crippen LogP) is 2.26. The lowest BCUT2D eigenvalue weighted by atomic mass is 10.1. The van der Waals surface area contributed by atoms with E-state index in [-0.39, 0.29) is 5.60 Å². The summed E-state index contributed by atoms with van der Waals surface area (Å²) in [6.07, 6.45) is 3.97. The highest BCUT2D eigenvalue weighted by Gasteiger charge is 2.33. The summed E-state index contributed by atoms with van der Waals surface area (Å²) in [5.41, 5.74) is 0.102. The monoisotopic (exact) mass is 217 g/mol. The topological polar surface area (TPSA) is 12.5 Å². The van der Waals surface area contributed by atoms with Crippen LogP contribution in [0.1, 0.15) is 33.1 Å². The van der Waals surface area contributed by atoms with E-state index < -0.39 is 0 Å². The van der Waals surface area contributed by atoms with Crippen molar-refractivity contribution < 1.29 is 4.74 Å². The van der Waals surface area contributed by atoms with E-state index in [9.17, 15) is 0 Å². The Hall–Kier alpha value is 0.210. The first-order chi connectivity index (χ1) is 6.55. The fourth-order valence-corrected chi connectivity index (χ4v) is 2.74. The molecule has 2 nitrogen and oxygen atoms in total. The van der Waals surface area contributed by atoms with E-state index in [1.54, 1.807) is 0 Å². The number of rotatable bonds is 2. The molecule has 0 amide bonds. The van der Waals surface area contributed by atoms with Crippen LogP contribution in [-0.4, -0.2) is 41.6 Å². The summed E-state index contributed by atoms with van der Waals surface area (Å²) >= 11 is 6.07. The highest BCUT2D eigenvalue weighted by Crippen LogP contribution is 2.30. The summed E-state index contributed by atoms with van der Waals surface area (Å²) in [6, 6.07) is 0. The van der Waals surface area contributed by atoms with E-state index in [0.29, 0.717) is 11.5 Å². The number of halogens is 1.